The third-order valence-corrected chi connectivity index (χ3v) is 3.45. The van der Waals surface area contributed by atoms with Gasteiger partial charge in [-0.1, -0.05) is 0 Å². The summed E-state index contributed by atoms with van der Waals surface area (Å²) in [7, 11) is -4.03. The van der Waals surface area contributed by atoms with E-state index in [1.54, 1.807) is 6.07 Å². The second-order valence-corrected chi connectivity index (χ2v) is 5.36. The Morgan fingerprint density at radius 2 is 2.11 bits per heavy atom. The number of carboxylic acid groups (broad SMARTS) is 1. The van der Waals surface area contributed by atoms with E-state index in [1.807, 2.05) is 0 Å². The first-order valence-corrected chi connectivity index (χ1v) is 6.71. The Kier molecular flexibility index (Phi) is 4.66. The Morgan fingerprint density at radius 3 is 2.63 bits per heavy atom. The fraction of sp³-hybridized carbons (Fsp3) is 0.300. The molecule has 0 fully saturated rings. The minimum absolute atomic E-state index is 0.0450. The van der Waals surface area contributed by atoms with E-state index >= 15 is 0 Å². The highest BCUT2D eigenvalue weighted by atomic mass is 32.2. The number of carbonyl (C=O) groups excluding carboxylic acids is 1. The zero-order chi connectivity index (χ0) is 14.5. The molecular weight excluding hydrogens is 276 g/mol. The minimum Gasteiger partial charge on any atom is -0.475 e. The first kappa shape index (κ1) is 14.7. The summed E-state index contributed by atoms with van der Waals surface area (Å²) in [4.78, 5) is 21.8. The Balaban J connectivity index is 2.73. The molecule has 0 bridgehead atoms. The van der Waals surface area contributed by atoms with E-state index < -0.39 is 38.3 Å². The maximum absolute atomic E-state index is 11.7. The van der Waals surface area contributed by atoms with Crippen LogP contribution in [0.15, 0.2) is 21.6 Å². The van der Waals surface area contributed by atoms with Crippen molar-refractivity contribution in [1.82, 2.24) is 5.32 Å². The smallest absolute Gasteiger partial charge is 0.371 e. The minimum atomic E-state index is -4.03. The fourth-order valence-electron chi connectivity index (χ4n) is 1.15. The van der Waals surface area contributed by atoms with Crippen LogP contribution in [0.25, 0.3) is 0 Å². The Morgan fingerprint density at radius 1 is 1.42 bits per heavy atom. The highest BCUT2D eigenvalue weighted by Crippen LogP contribution is 2.15. The van der Waals surface area contributed by atoms with Crippen molar-refractivity contribution in [2.75, 3.05) is 12.3 Å². The topological polar surface area (TPSA) is 137 Å². The van der Waals surface area contributed by atoms with Crippen molar-refractivity contribution in [3.8, 4) is 6.07 Å². The molecule has 102 valence electrons. The van der Waals surface area contributed by atoms with E-state index in [0.29, 0.717) is 0 Å². The van der Waals surface area contributed by atoms with Gasteiger partial charge in [-0.05, 0) is 12.1 Å². The van der Waals surface area contributed by atoms with Crippen LogP contribution in [-0.2, 0) is 14.6 Å². The maximum Gasteiger partial charge on any atom is 0.371 e. The van der Waals surface area contributed by atoms with Gasteiger partial charge in [-0.15, -0.1) is 0 Å². The summed E-state index contributed by atoms with van der Waals surface area (Å²) in [5, 5.41) is 18.5. The van der Waals surface area contributed by atoms with Crippen molar-refractivity contribution in [2.24, 2.45) is 0 Å². The van der Waals surface area contributed by atoms with Gasteiger partial charge in [-0.25, -0.2) is 13.2 Å². The van der Waals surface area contributed by atoms with Crippen molar-refractivity contribution in [1.29, 1.82) is 5.26 Å². The van der Waals surface area contributed by atoms with Crippen LogP contribution >= 0.6 is 0 Å². The largest absolute Gasteiger partial charge is 0.475 e. The highest BCUT2D eigenvalue weighted by Gasteiger charge is 2.24. The van der Waals surface area contributed by atoms with Crippen LogP contribution in [0.3, 0.4) is 0 Å². The first-order chi connectivity index (χ1) is 8.86. The molecule has 0 aliphatic heterocycles. The van der Waals surface area contributed by atoms with Crippen molar-refractivity contribution in [3.05, 3.63) is 17.9 Å². The third-order valence-electron chi connectivity index (χ3n) is 1.98. The number of rotatable bonds is 6. The van der Waals surface area contributed by atoms with E-state index in [2.05, 4.69) is 9.73 Å². The van der Waals surface area contributed by atoms with E-state index in [4.69, 9.17) is 10.4 Å². The number of carbonyl (C=O) groups is 2. The average molecular weight is 286 g/mol. The van der Waals surface area contributed by atoms with Crippen LogP contribution in [0.2, 0.25) is 0 Å². The van der Waals surface area contributed by atoms with Gasteiger partial charge in [0.25, 0.3) is 0 Å². The standard InChI is InChI=1S/C10H10N2O6S/c11-4-1-5-12-8(13)6-19(16,17)9-3-2-7(18-9)10(14)15/h2-3H,1,5-6H2,(H,12,13)(H,14,15). The highest BCUT2D eigenvalue weighted by molar-refractivity contribution is 7.92. The number of sulfone groups is 1. The van der Waals surface area contributed by atoms with Gasteiger partial charge in [0.2, 0.25) is 26.6 Å². The molecule has 0 atom stereocenters. The normalized spacial score (nSPS) is 10.7. The van der Waals surface area contributed by atoms with Crippen molar-refractivity contribution in [3.63, 3.8) is 0 Å². The summed E-state index contributed by atoms with van der Waals surface area (Å²) in [6.45, 7) is 0.0450. The monoisotopic (exact) mass is 286 g/mol. The number of amides is 1. The number of nitrogens with zero attached hydrogens (tertiary/aromatic N) is 1. The van der Waals surface area contributed by atoms with Crippen LogP contribution in [0.1, 0.15) is 17.0 Å². The van der Waals surface area contributed by atoms with Crippen LogP contribution in [0.5, 0.6) is 0 Å². The number of hydrogen-bond acceptors (Lipinski definition) is 6. The molecule has 8 nitrogen and oxygen atoms in total. The molecule has 0 saturated carbocycles. The molecule has 1 aromatic rings. The molecular formula is C10H10N2O6S. The van der Waals surface area contributed by atoms with Crippen LogP contribution in [0.4, 0.5) is 0 Å². The number of carboxylic acids is 1. The van der Waals surface area contributed by atoms with Gasteiger partial charge in [-0.3, -0.25) is 4.79 Å². The SMILES string of the molecule is N#CCCNC(=O)CS(=O)(=O)c1ccc(C(=O)O)o1. The molecule has 0 radical (unpaired) electrons. The summed E-state index contributed by atoms with van der Waals surface area (Å²) in [6, 6.07) is 3.75. The Labute approximate surface area is 108 Å². The lowest BCUT2D eigenvalue weighted by molar-refractivity contribution is -0.118. The summed E-state index contributed by atoms with van der Waals surface area (Å²) in [5.74, 6) is -3.59. The van der Waals surface area contributed by atoms with Gasteiger partial charge in [0.1, 0.15) is 5.75 Å². The van der Waals surface area contributed by atoms with E-state index in [1.165, 1.54) is 0 Å². The molecule has 0 aliphatic carbocycles. The quantitative estimate of drug-likeness (QED) is 0.689. The second-order valence-electron chi connectivity index (χ2n) is 3.44. The molecule has 0 unspecified atom stereocenters. The fourth-order valence-corrected chi connectivity index (χ4v) is 2.24. The molecule has 9 heteroatoms. The van der Waals surface area contributed by atoms with Crippen LogP contribution < -0.4 is 5.32 Å². The number of furan rings is 1. The predicted octanol–water partition coefficient (Wildman–Crippen LogP) is -0.219. The summed E-state index contributed by atoms with van der Waals surface area (Å²) in [6.07, 6.45) is 0.0652. The van der Waals surface area contributed by atoms with E-state index in [9.17, 15) is 18.0 Å². The van der Waals surface area contributed by atoms with Gasteiger partial charge in [-0.2, -0.15) is 5.26 Å². The van der Waals surface area contributed by atoms with Crippen LogP contribution in [0, 0.1) is 11.3 Å². The number of nitrogens with one attached hydrogen (secondary N) is 1. The van der Waals surface area contributed by atoms with Gasteiger partial charge in [0.15, 0.2) is 0 Å². The summed E-state index contributed by atoms with van der Waals surface area (Å²) >= 11 is 0. The van der Waals surface area contributed by atoms with Gasteiger partial charge < -0.3 is 14.8 Å². The van der Waals surface area contributed by atoms with Gasteiger partial charge >= 0.3 is 5.97 Å². The zero-order valence-electron chi connectivity index (χ0n) is 9.62. The summed E-state index contributed by atoms with van der Waals surface area (Å²) < 4.78 is 28.0. The lowest BCUT2D eigenvalue weighted by Crippen LogP contribution is -2.30. The van der Waals surface area contributed by atoms with Crippen molar-refractivity contribution >= 4 is 21.7 Å². The first-order valence-electron chi connectivity index (χ1n) is 5.06. The van der Waals surface area contributed by atoms with Gasteiger partial charge in [0, 0.05) is 6.54 Å². The van der Waals surface area contributed by atoms with E-state index in [-0.39, 0.29) is 13.0 Å². The lowest BCUT2D eigenvalue weighted by atomic mass is 10.4. The third kappa shape index (κ3) is 4.11. The number of nitriles is 1. The molecule has 1 aromatic heterocycles. The molecule has 0 aliphatic rings. The van der Waals surface area contributed by atoms with E-state index in [0.717, 1.165) is 12.1 Å². The molecule has 0 aromatic carbocycles. The Bertz CT molecular complexity index is 625. The summed E-state index contributed by atoms with van der Waals surface area (Å²) in [5.41, 5.74) is 0. The molecule has 19 heavy (non-hydrogen) atoms. The van der Waals surface area contributed by atoms with Crippen molar-refractivity contribution in [2.45, 2.75) is 11.5 Å². The zero-order valence-corrected chi connectivity index (χ0v) is 10.4. The molecule has 1 heterocycles. The molecule has 0 spiro atoms. The number of aromatic carboxylic acids is 1. The predicted molar refractivity (Wildman–Crippen MR) is 61.0 cm³/mol. The van der Waals surface area contributed by atoms with Crippen molar-refractivity contribution < 1.29 is 27.5 Å². The second kappa shape index (κ2) is 6.01. The van der Waals surface area contributed by atoms with Gasteiger partial charge in [0.05, 0.1) is 12.5 Å². The molecule has 1 amide bonds. The molecule has 1 rings (SSSR count). The van der Waals surface area contributed by atoms with Crippen LogP contribution in [-0.4, -0.2) is 37.7 Å². The maximum atomic E-state index is 11.7. The lowest BCUT2D eigenvalue weighted by Gasteiger charge is -2.02. The number of hydrogen-bond donors (Lipinski definition) is 2. The molecule has 0 saturated heterocycles. The molecule has 2 N–H and O–H groups in total. The average Bonchev–Trinajstić information content (AvgIpc) is 2.78. The Hall–Kier alpha value is -2.34.